The number of nitrogens with zero attached hydrogens (tertiary/aromatic N) is 2. The van der Waals surface area contributed by atoms with Crippen molar-refractivity contribution in [2.75, 3.05) is 19.0 Å². The van der Waals surface area contributed by atoms with E-state index in [0.29, 0.717) is 17.2 Å². The summed E-state index contributed by atoms with van der Waals surface area (Å²) in [6, 6.07) is 8.36. The van der Waals surface area contributed by atoms with E-state index in [1.807, 2.05) is 26.0 Å². The monoisotopic (exact) mass is 497 g/mol. The molecule has 1 aromatic heterocycles. The Morgan fingerprint density at radius 3 is 2.82 bits per heavy atom. The maximum absolute atomic E-state index is 14.0. The second kappa shape index (κ2) is 6.98. The minimum absolute atomic E-state index is 0.0679. The van der Waals surface area contributed by atoms with Gasteiger partial charge >= 0.3 is 5.92 Å². The number of methoxy groups -OCH3 is 1. The third-order valence-corrected chi connectivity index (χ3v) is 5.58. The Morgan fingerprint density at radius 2 is 2.07 bits per heavy atom. The summed E-state index contributed by atoms with van der Waals surface area (Å²) in [6.45, 7) is 3.08. The van der Waals surface area contributed by atoms with Gasteiger partial charge in [-0.15, -0.1) is 0 Å². The van der Waals surface area contributed by atoms with Gasteiger partial charge in [0.15, 0.2) is 6.61 Å². The molecule has 0 spiro atoms. The number of hydrogen-bond acceptors (Lipinski definition) is 5. The molecule has 8 heteroatoms. The molecule has 0 unspecified atom stereocenters. The van der Waals surface area contributed by atoms with Crippen LogP contribution in [0.2, 0.25) is 0 Å². The molecule has 1 aliphatic rings. The van der Waals surface area contributed by atoms with Gasteiger partial charge in [0.25, 0.3) is 0 Å². The van der Waals surface area contributed by atoms with Gasteiger partial charge in [-0.25, -0.2) is 9.97 Å². The fourth-order valence-electron chi connectivity index (χ4n) is 3.38. The highest BCUT2D eigenvalue weighted by Gasteiger charge is 2.42. The molecule has 1 aliphatic heterocycles. The van der Waals surface area contributed by atoms with E-state index in [0.717, 1.165) is 20.2 Å². The number of alkyl halides is 2. The van der Waals surface area contributed by atoms with E-state index in [9.17, 15) is 8.78 Å². The number of hydrogen-bond donors (Lipinski definition) is 1. The zero-order valence-electron chi connectivity index (χ0n) is 15.5. The van der Waals surface area contributed by atoms with Crippen LogP contribution in [0.1, 0.15) is 29.9 Å². The first kappa shape index (κ1) is 19.1. The molecule has 1 N–H and O–H groups in total. The molecule has 0 amide bonds. The van der Waals surface area contributed by atoms with E-state index in [-0.39, 0.29) is 17.4 Å². The summed E-state index contributed by atoms with van der Waals surface area (Å²) in [5.74, 6) is -0.736. The summed E-state index contributed by atoms with van der Waals surface area (Å²) in [7, 11) is 1.62. The van der Waals surface area contributed by atoms with Crippen LogP contribution < -0.4 is 14.8 Å². The molecule has 5 nitrogen and oxygen atoms in total. The van der Waals surface area contributed by atoms with Gasteiger partial charge < -0.3 is 14.8 Å². The van der Waals surface area contributed by atoms with Crippen molar-refractivity contribution in [1.82, 2.24) is 9.97 Å². The summed E-state index contributed by atoms with van der Waals surface area (Å²) >= 11 is 2.20. The lowest BCUT2D eigenvalue weighted by atomic mass is 10.0. The van der Waals surface area contributed by atoms with Gasteiger partial charge in [-0.05, 0) is 48.6 Å². The normalized spacial score (nSPS) is 15.8. The highest BCUT2D eigenvalue weighted by atomic mass is 127. The van der Waals surface area contributed by atoms with Crippen LogP contribution in [0.15, 0.2) is 30.3 Å². The Labute approximate surface area is 174 Å². The molecule has 0 aliphatic carbocycles. The van der Waals surface area contributed by atoms with Gasteiger partial charge in [0.05, 0.1) is 27.8 Å². The Balaban J connectivity index is 1.75. The van der Waals surface area contributed by atoms with Crippen molar-refractivity contribution < 1.29 is 18.3 Å². The van der Waals surface area contributed by atoms with Crippen LogP contribution in [0.25, 0.3) is 10.9 Å². The van der Waals surface area contributed by atoms with Gasteiger partial charge in [0.1, 0.15) is 23.1 Å². The molecule has 0 saturated heterocycles. The molecular formula is C20H18F2IN3O2. The summed E-state index contributed by atoms with van der Waals surface area (Å²) in [6.07, 6.45) is 0. The number of aryl methyl sites for hydroxylation is 1. The van der Waals surface area contributed by atoms with Crippen LogP contribution in [-0.4, -0.2) is 23.7 Å². The van der Waals surface area contributed by atoms with Crippen LogP contribution in [0, 0.1) is 10.5 Å². The summed E-state index contributed by atoms with van der Waals surface area (Å²) in [5.41, 5.74) is 1.35. The minimum atomic E-state index is -2.96. The first-order valence-electron chi connectivity index (χ1n) is 8.72. The maximum Gasteiger partial charge on any atom is 0.310 e. The van der Waals surface area contributed by atoms with E-state index in [1.54, 1.807) is 19.2 Å². The number of benzene rings is 2. The molecule has 0 bridgehead atoms. The minimum Gasteiger partial charge on any atom is -0.496 e. The highest BCUT2D eigenvalue weighted by molar-refractivity contribution is 14.1. The van der Waals surface area contributed by atoms with Crippen molar-refractivity contribution in [3.05, 3.63) is 50.9 Å². The highest BCUT2D eigenvalue weighted by Crippen LogP contribution is 2.45. The molecule has 0 saturated carbocycles. The fourth-order valence-corrected chi connectivity index (χ4v) is 4.07. The van der Waals surface area contributed by atoms with Crippen molar-refractivity contribution in [3.8, 4) is 11.5 Å². The SMILES string of the molecule is COc1cc2nc(C)nc(N[C@H](C)c3cccc4c3OCC4(F)F)c2cc1I. The lowest BCUT2D eigenvalue weighted by Crippen LogP contribution is -2.14. The zero-order chi connectivity index (χ0) is 20.1. The average molecular weight is 497 g/mol. The number of anilines is 1. The zero-order valence-corrected chi connectivity index (χ0v) is 17.7. The largest absolute Gasteiger partial charge is 0.496 e. The van der Waals surface area contributed by atoms with E-state index in [4.69, 9.17) is 9.47 Å². The molecule has 2 aromatic carbocycles. The molecule has 28 heavy (non-hydrogen) atoms. The lowest BCUT2D eigenvalue weighted by Gasteiger charge is -2.19. The van der Waals surface area contributed by atoms with E-state index >= 15 is 0 Å². The van der Waals surface area contributed by atoms with Crippen molar-refractivity contribution >= 4 is 39.3 Å². The van der Waals surface area contributed by atoms with Crippen LogP contribution in [0.5, 0.6) is 11.5 Å². The van der Waals surface area contributed by atoms with Gasteiger partial charge in [-0.2, -0.15) is 8.78 Å². The van der Waals surface area contributed by atoms with Crippen molar-refractivity contribution in [2.45, 2.75) is 25.8 Å². The molecule has 2 heterocycles. The Kier molecular flexibility index (Phi) is 4.76. The van der Waals surface area contributed by atoms with E-state index in [2.05, 4.69) is 37.9 Å². The second-order valence-electron chi connectivity index (χ2n) is 6.71. The third-order valence-electron chi connectivity index (χ3n) is 4.74. The van der Waals surface area contributed by atoms with Gasteiger partial charge in [0.2, 0.25) is 0 Å². The number of fused-ring (bicyclic) bond motifs is 2. The number of para-hydroxylation sites is 1. The smallest absolute Gasteiger partial charge is 0.310 e. The lowest BCUT2D eigenvalue weighted by molar-refractivity contribution is -0.0214. The number of halogens is 3. The summed E-state index contributed by atoms with van der Waals surface area (Å²) < 4.78 is 39.6. The van der Waals surface area contributed by atoms with E-state index < -0.39 is 12.5 Å². The summed E-state index contributed by atoms with van der Waals surface area (Å²) in [4.78, 5) is 9.01. The molecule has 146 valence electrons. The third kappa shape index (κ3) is 3.23. The van der Waals surface area contributed by atoms with Crippen LogP contribution >= 0.6 is 22.6 Å². The van der Waals surface area contributed by atoms with E-state index in [1.165, 1.54) is 6.07 Å². The molecular weight excluding hydrogens is 479 g/mol. The van der Waals surface area contributed by atoms with Crippen molar-refractivity contribution in [3.63, 3.8) is 0 Å². The number of rotatable bonds is 4. The standard InChI is InChI=1S/C20H18F2IN3O2/c1-10(12-5-4-6-14-18(12)28-9-20(14,21)22)24-19-13-7-15(23)17(27-3)8-16(13)25-11(2)26-19/h4-8,10H,9H2,1-3H3,(H,24,25,26)/t10-/m1/s1. The van der Waals surface area contributed by atoms with Crippen LogP contribution in [0.3, 0.4) is 0 Å². The second-order valence-corrected chi connectivity index (χ2v) is 7.87. The Bertz CT molecular complexity index is 1070. The quantitative estimate of drug-likeness (QED) is 0.502. The molecule has 1 atom stereocenters. The molecule has 4 rings (SSSR count). The number of aromatic nitrogens is 2. The summed E-state index contributed by atoms with van der Waals surface area (Å²) in [5, 5.41) is 4.18. The van der Waals surface area contributed by atoms with Gasteiger partial charge in [0, 0.05) is 17.0 Å². The predicted octanol–water partition coefficient (Wildman–Crippen LogP) is 5.21. The fraction of sp³-hybridized carbons (Fsp3) is 0.300. The topological polar surface area (TPSA) is 56.3 Å². The first-order valence-corrected chi connectivity index (χ1v) is 9.80. The average Bonchev–Trinajstić information content (AvgIpc) is 2.97. The molecule has 0 radical (unpaired) electrons. The van der Waals surface area contributed by atoms with Gasteiger partial charge in [-0.1, -0.05) is 12.1 Å². The van der Waals surface area contributed by atoms with Crippen LogP contribution in [-0.2, 0) is 5.92 Å². The maximum atomic E-state index is 14.0. The predicted molar refractivity (Wildman–Crippen MR) is 111 cm³/mol. The molecule has 0 fully saturated rings. The Morgan fingerprint density at radius 1 is 1.29 bits per heavy atom. The van der Waals surface area contributed by atoms with Crippen LogP contribution in [0.4, 0.5) is 14.6 Å². The first-order chi connectivity index (χ1) is 13.3. The number of nitrogens with one attached hydrogen (secondary N) is 1. The Hall–Kier alpha value is -2.23. The van der Waals surface area contributed by atoms with Crippen molar-refractivity contribution in [1.29, 1.82) is 0 Å². The molecule has 3 aromatic rings. The number of ether oxygens (including phenoxy) is 2. The van der Waals surface area contributed by atoms with Crippen molar-refractivity contribution in [2.24, 2.45) is 0 Å². The van der Waals surface area contributed by atoms with Gasteiger partial charge in [-0.3, -0.25) is 0 Å².